The molecule has 3 N–H and O–H groups in total. The predicted molar refractivity (Wildman–Crippen MR) is 141 cm³/mol. The summed E-state index contributed by atoms with van der Waals surface area (Å²) in [6.07, 6.45) is 12.4. The number of aromatic nitrogens is 2. The molecule has 0 bridgehead atoms. The van der Waals surface area contributed by atoms with Gasteiger partial charge in [0.1, 0.15) is 11.4 Å². The van der Waals surface area contributed by atoms with Crippen LogP contribution < -0.4 is 11.1 Å². The van der Waals surface area contributed by atoms with Crippen LogP contribution >= 0.6 is 0 Å². The van der Waals surface area contributed by atoms with Gasteiger partial charge in [0.05, 0.1) is 29.4 Å². The van der Waals surface area contributed by atoms with E-state index in [1.54, 1.807) is 26.2 Å². The first kappa shape index (κ1) is 25.4. The Morgan fingerprint density at radius 3 is 2.62 bits per heavy atom. The molecule has 3 aromatic rings. The first-order valence-electron chi connectivity index (χ1n) is 13.3. The lowest BCUT2D eigenvalue weighted by Gasteiger charge is -2.43. The average molecular weight is 506 g/mol. The monoisotopic (exact) mass is 505 g/mol. The number of amides is 2. The van der Waals surface area contributed by atoms with Crippen molar-refractivity contribution in [2.45, 2.75) is 63.5 Å². The van der Waals surface area contributed by atoms with Crippen molar-refractivity contribution in [3.63, 3.8) is 0 Å². The van der Waals surface area contributed by atoms with Gasteiger partial charge in [-0.1, -0.05) is 19.3 Å². The molecule has 7 nitrogen and oxygen atoms in total. The van der Waals surface area contributed by atoms with Gasteiger partial charge in [0.15, 0.2) is 0 Å². The lowest BCUT2D eigenvalue weighted by molar-refractivity contribution is -0.147. The Morgan fingerprint density at radius 1 is 1.11 bits per heavy atom. The third kappa shape index (κ3) is 4.63. The number of primary amides is 1. The average Bonchev–Trinajstić information content (AvgIpc) is 3.56. The Morgan fingerprint density at radius 2 is 1.89 bits per heavy atom. The number of fused-ring (bicyclic) bond motifs is 1. The highest BCUT2D eigenvalue weighted by molar-refractivity contribution is 5.93. The molecule has 2 aromatic heterocycles. The molecule has 1 unspecified atom stereocenters. The van der Waals surface area contributed by atoms with Gasteiger partial charge in [-0.05, 0) is 81.5 Å². The van der Waals surface area contributed by atoms with E-state index in [1.807, 2.05) is 27.9 Å². The second-order valence-electron chi connectivity index (χ2n) is 10.7. The minimum Gasteiger partial charge on any atom is -0.368 e. The summed E-state index contributed by atoms with van der Waals surface area (Å²) in [5.41, 5.74) is 7.48. The van der Waals surface area contributed by atoms with E-state index in [-0.39, 0.29) is 23.7 Å². The SMILES string of the molecule is CNC(C)(C(N)=O)[C@@H](C(=O)N1CCC[C@H]1c1cncc(-n2ccc3cc(F)ccc32)c1)C1CCCCC1. The minimum absolute atomic E-state index is 0.00246. The van der Waals surface area contributed by atoms with Crippen LogP contribution in [0.3, 0.4) is 0 Å². The van der Waals surface area contributed by atoms with Crippen molar-refractivity contribution in [2.75, 3.05) is 13.6 Å². The summed E-state index contributed by atoms with van der Waals surface area (Å²) in [6, 6.07) is 8.56. The van der Waals surface area contributed by atoms with Crippen molar-refractivity contribution in [3.8, 4) is 5.69 Å². The fraction of sp³-hybridized carbons (Fsp3) is 0.483. The number of nitrogens with two attached hydrogens (primary N) is 1. The van der Waals surface area contributed by atoms with Gasteiger partial charge >= 0.3 is 0 Å². The van der Waals surface area contributed by atoms with E-state index >= 15 is 0 Å². The van der Waals surface area contributed by atoms with E-state index in [9.17, 15) is 14.0 Å². The molecule has 2 aliphatic rings. The topological polar surface area (TPSA) is 93.2 Å². The molecule has 1 aromatic carbocycles. The second kappa shape index (κ2) is 10.2. The number of hydrogen-bond acceptors (Lipinski definition) is 4. The van der Waals surface area contributed by atoms with Crippen molar-refractivity contribution in [1.82, 2.24) is 19.8 Å². The molecular formula is C29H36FN5O2. The number of pyridine rings is 1. The highest BCUT2D eigenvalue weighted by Gasteiger charge is 2.50. The maximum atomic E-state index is 14.3. The molecule has 3 heterocycles. The van der Waals surface area contributed by atoms with Crippen LogP contribution in [0.25, 0.3) is 16.6 Å². The lowest BCUT2D eigenvalue weighted by Crippen LogP contribution is -2.63. The first-order chi connectivity index (χ1) is 17.8. The van der Waals surface area contributed by atoms with Crippen molar-refractivity contribution in [3.05, 3.63) is 60.3 Å². The summed E-state index contributed by atoms with van der Waals surface area (Å²) in [6.45, 7) is 2.42. The molecule has 37 heavy (non-hydrogen) atoms. The molecule has 5 rings (SSSR count). The van der Waals surface area contributed by atoms with Crippen LogP contribution in [0.15, 0.2) is 48.9 Å². The first-order valence-corrected chi connectivity index (χ1v) is 13.3. The fourth-order valence-corrected chi connectivity index (χ4v) is 6.47. The van der Waals surface area contributed by atoms with Crippen molar-refractivity contribution in [2.24, 2.45) is 17.6 Å². The number of halogens is 1. The number of likely N-dealkylation sites (N-methyl/N-ethyl adjacent to an activating group) is 1. The zero-order chi connectivity index (χ0) is 26.2. The van der Waals surface area contributed by atoms with E-state index in [2.05, 4.69) is 16.4 Å². The number of likely N-dealkylation sites (tertiary alicyclic amines) is 1. The highest BCUT2D eigenvalue weighted by Crippen LogP contribution is 2.41. The summed E-state index contributed by atoms with van der Waals surface area (Å²) < 4.78 is 15.7. The fourth-order valence-electron chi connectivity index (χ4n) is 6.47. The second-order valence-corrected chi connectivity index (χ2v) is 10.7. The van der Waals surface area contributed by atoms with E-state index < -0.39 is 17.4 Å². The molecule has 1 aliphatic heterocycles. The Balaban J connectivity index is 1.48. The summed E-state index contributed by atoms with van der Waals surface area (Å²) in [5.74, 6) is -1.17. The van der Waals surface area contributed by atoms with Crippen LogP contribution in [0.2, 0.25) is 0 Å². The molecule has 0 spiro atoms. The molecule has 3 atom stereocenters. The van der Waals surface area contributed by atoms with Crippen LogP contribution in [0.5, 0.6) is 0 Å². The Bertz CT molecular complexity index is 1300. The van der Waals surface area contributed by atoms with E-state index in [0.29, 0.717) is 6.54 Å². The maximum absolute atomic E-state index is 14.3. The Hall–Kier alpha value is -3.26. The van der Waals surface area contributed by atoms with Gasteiger partial charge in [0, 0.05) is 24.3 Å². The number of hydrogen-bond donors (Lipinski definition) is 2. The number of carbonyl (C=O) groups excluding carboxylic acids is 2. The number of carbonyl (C=O) groups is 2. The van der Waals surface area contributed by atoms with E-state index in [0.717, 1.165) is 67.1 Å². The quantitative estimate of drug-likeness (QED) is 0.495. The summed E-state index contributed by atoms with van der Waals surface area (Å²) in [7, 11) is 1.72. The summed E-state index contributed by atoms with van der Waals surface area (Å²) in [4.78, 5) is 33.4. The van der Waals surface area contributed by atoms with Crippen LogP contribution in [0.1, 0.15) is 63.5 Å². The van der Waals surface area contributed by atoms with E-state index in [4.69, 9.17) is 5.73 Å². The Kier molecular flexibility index (Phi) is 7.03. The van der Waals surface area contributed by atoms with Crippen LogP contribution in [-0.4, -0.2) is 45.4 Å². The van der Waals surface area contributed by atoms with Gasteiger partial charge in [-0.15, -0.1) is 0 Å². The number of nitrogens with one attached hydrogen (secondary N) is 1. The normalized spacial score (nSPS) is 21.2. The predicted octanol–water partition coefficient (Wildman–Crippen LogP) is 4.49. The molecule has 8 heteroatoms. The standard InChI is InChI=1S/C29H36FN5O2/c1-29(32-2,28(31)37)26(19-7-4-3-5-8-19)27(36)35-13-6-9-24(35)21-16-23(18-33-17-21)34-14-12-20-15-22(30)10-11-25(20)34/h10-12,14-19,24,26,32H,3-9,13H2,1-2H3,(H2,31,37)/t24-,26+,29?/m0/s1. The molecular weight excluding hydrogens is 469 g/mol. The zero-order valence-corrected chi connectivity index (χ0v) is 21.6. The molecule has 1 saturated carbocycles. The molecule has 1 aliphatic carbocycles. The molecule has 1 saturated heterocycles. The van der Waals surface area contributed by atoms with Gasteiger partial charge in [-0.2, -0.15) is 0 Å². The largest absolute Gasteiger partial charge is 0.368 e. The molecule has 0 radical (unpaired) electrons. The van der Waals surface area contributed by atoms with Crippen LogP contribution in [-0.2, 0) is 9.59 Å². The number of benzene rings is 1. The highest BCUT2D eigenvalue weighted by atomic mass is 19.1. The molecule has 196 valence electrons. The maximum Gasteiger partial charge on any atom is 0.238 e. The molecule has 2 fully saturated rings. The summed E-state index contributed by atoms with van der Waals surface area (Å²) in [5, 5.41) is 3.93. The third-order valence-corrected chi connectivity index (χ3v) is 8.64. The van der Waals surface area contributed by atoms with Crippen LogP contribution in [0, 0.1) is 17.7 Å². The van der Waals surface area contributed by atoms with E-state index in [1.165, 1.54) is 12.1 Å². The third-order valence-electron chi connectivity index (χ3n) is 8.64. The zero-order valence-electron chi connectivity index (χ0n) is 21.6. The lowest BCUT2D eigenvalue weighted by atomic mass is 9.69. The summed E-state index contributed by atoms with van der Waals surface area (Å²) >= 11 is 0. The van der Waals surface area contributed by atoms with Gasteiger partial charge in [-0.3, -0.25) is 14.6 Å². The molecule has 2 amide bonds. The van der Waals surface area contributed by atoms with Gasteiger partial charge in [-0.25, -0.2) is 4.39 Å². The van der Waals surface area contributed by atoms with Crippen molar-refractivity contribution < 1.29 is 14.0 Å². The Labute approximate surface area is 217 Å². The smallest absolute Gasteiger partial charge is 0.238 e. The van der Waals surface area contributed by atoms with Crippen LogP contribution in [0.4, 0.5) is 4.39 Å². The van der Waals surface area contributed by atoms with Gasteiger partial charge in [0.25, 0.3) is 0 Å². The van der Waals surface area contributed by atoms with Gasteiger partial charge < -0.3 is 20.5 Å². The number of nitrogens with zero attached hydrogens (tertiary/aromatic N) is 3. The minimum atomic E-state index is -1.12. The van der Waals surface area contributed by atoms with Crippen molar-refractivity contribution in [1.29, 1.82) is 0 Å². The van der Waals surface area contributed by atoms with Gasteiger partial charge in [0.2, 0.25) is 11.8 Å². The van der Waals surface area contributed by atoms with Crippen molar-refractivity contribution >= 4 is 22.7 Å². The number of rotatable bonds is 7.